The van der Waals surface area contributed by atoms with Gasteiger partial charge in [-0.3, -0.25) is 5.32 Å². The maximum Gasteiger partial charge on any atom is 0.411 e. The van der Waals surface area contributed by atoms with E-state index in [0.717, 1.165) is 17.3 Å². The normalized spacial score (nSPS) is 21.9. The fourth-order valence-corrected chi connectivity index (χ4v) is 2.19. The summed E-state index contributed by atoms with van der Waals surface area (Å²) in [6.07, 6.45) is 2.07. The molecule has 1 aliphatic rings. The molecule has 1 saturated carbocycles. The zero-order valence-electron chi connectivity index (χ0n) is 10.9. The van der Waals surface area contributed by atoms with E-state index < -0.39 is 6.09 Å². The van der Waals surface area contributed by atoms with Gasteiger partial charge in [0, 0.05) is 17.4 Å². The number of benzene rings is 1. The van der Waals surface area contributed by atoms with Crippen molar-refractivity contribution in [1.29, 1.82) is 0 Å². The maximum atomic E-state index is 11.2. The highest BCUT2D eigenvalue weighted by Gasteiger charge is 2.24. The number of hydrogen-bond donors (Lipinski definition) is 2. The summed E-state index contributed by atoms with van der Waals surface area (Å²) in [5.74, 6) is 0.840. The van der Waals surface area contributed by atoms with Gasteiger partial charge in [-0.1, -0.05) is 6.92 Å². The molecule has 1 aliphatic carbocycles. The third-order valence-electron chi connectivity index (χ3n) is 3.15. The highest BCUT2D eigenvalue weighted by Crippen LogP contribution is 2.29. The molecular formula is C14H20N2O2. The molecule has 1 aromatic rings. The second kappa shape index (κ2) is 5.76. The first-order valence-electron chi connectivity index (χ1n) is 6.47. The van der Waals surface area contributed by atoms with Crippen molar-refractivity contribution >= 4 is 17.5 Å². The van der Waals surface area contributed by atoms with Gasteiger partial charge in [-0.25, -0.2) is 4.79 Å². The average molecular weight is 248 g/mol. The molecule has 0 radical (unpaired) electrons. The van der Waals surface area contributed by atoms with E-state index in [1.165, 1.54) is 12.8 Å². The first kappa shape index (κ1) is 12.7. The first-order chi connectivity index (χ1) is 8.67. The van der Waals surface area contributed by atoms with Crippen LogP contribution in [0.2, 0.25) is 0 Å². The Labute approximate surface area is 108 Å². The molecule has 1 fully saturated rings. The van der Waals surface area contributed by atoms with Crippen LogP contribution in [0.5, 0.6) is 0 Å². The first-order valence-corrected chi connectivity index (χ1v) is 6.47. The minimum Gasteiger partial charge on any atom is -0.450 e. The Hall–Kier alpha value is -1.71. The molecule has 0 bridgehead atoms. The van der Waals surface area contributed by atoms with Gasteiger partial charge in [0.1, 0.15) is 0 Å². The van der Waals surface area contributed by atoms with Crippen LogP contribution in [0.1, 0.15) is 26.7 Å². The minimum absolute atomic E-state index is 0.380. The summed E-state index contributed by atoms with van der Waals surface area (Å²) >= 11 is 0. The number of carbonyl (C=O) groups excluding carboxylic acids is 1. The smallest absolute Gasteiger partial charge is 0.411 e. The molecule has 0 unspecified atom stereocenters. The molecule has 2 N–H and O–H groups in total. The Kier molecular flexibility index (Phi) is 4.07. The Morgan fingerprint density at radius 2 is 1.89 bits per heavy atom. The Balaban J connectivity index is 1.83. The molecule has 0 spiro atoms. The molecule has 98 valence electrons. The summed E-state index contributed by atoms with van der Waals surface area (Å²) in [5.41, 5.74) is 1.85. The van der Waals surface area contributed by atoms with Crippen molar-refractivity contribution in [3.63, 3.8) is 0 Å². The lowest BCUT2D eigenvalue weighted by atomic mass is 9.82. The van der Waals surface area contributed by atoms with Gasteiger partial charge >= 0.3 is 6.09 Å². The van der Waals surface area contributed by atoms with Crippen molar-refractivity contribution in [3.8, 4) is 0 Å². The van der Waals surface area contributed by atoms with Gasteiger partial charge in [0.25, 0.3) is 0 Å². The van der Waals surface area contributed by atoms with Crippen LogP contribution in [0, 0.1) is 5.92 Å². The number of nitrogens with one attached hydrogen (secondary N) is 2. The third-order valence-corrected chi connectivity index (χ3v) is 3.15. The second-order valence-electron chi connectivity index (χ2n) is 4.84. The van der Waals surface area contributed by atoms with Crippen molar-refractivity contribution in [3.05, 3.63) is 24.3 Å². The van der Waals surface area contributed by atoms with Crippen LogP contribution in [0.25, 0.3) is 0 Å². The second-order valence-corrected chi connectivity index (χ2v) is 4.84. The molecule has 0 saturated heterocycles. The van der Waals surface area contributed by atoms with Crippen LogP contribution >= 0.6 is 0 Å². The summed E-state index contributed by atoms with van der Waals surface area (Å²) in [6, 6.07) is 8.31. The fraction of sp³-hybridized carbons (Fsp3) is 0.500. The van der Waals surface area contributed by atoms with E-state index in [1.54, 1.807) is 6.92 Å². The molecule has 2 rings (SSSR count). The zero-order chi connectivity index (χ0) is 13.0. The summed E-state index contributed by atoms with van der Waals surface area (Å²) in [7, 11) is 0. The monoisotopic (exact) mass is 248 g/mol. The van der Waals surface area contributed by atoms with Gasteiger partial charge in [0.15, 0.2) is 0 Å². The molecule has 18 heavy (non-hydrogen) atoms. The molecule has 1 aromatic carbocycles. The minimum atomic E-state index is -0.411. The van der Waals surface area contributed by atoms with E-state index in [-0.39, 0.29) is 0 Å². The Bertz CT molecular complexity index is 397. The lowest BCUT2D eigenvalue weighted by molar-refractivity contribution is 0.168. The molecule has 0 heterocycles. The molecule has 4 heteroatoms. The van der Waals surface area contributed by atoms with E-state index >= 15 is 0 Å². The van der Waals surface area contributed by atoms with E-state index in [4.69, 9.17) is 4.74 Å². The van der Waals surface area contributed by atoms with Gasteiger partial charge < -0.3 is 10.1 Å². The highest BCUT2D eigenvalue weighted by molar-refractivity contribution is 5.84. The van der Waals surface area contributed by atoms with Crippen LogP contribution < -0.4 is 10.6 Å². The number of rotatable bonds is 4. The van der Waals surface area contributed by atoms with Crippen LogP contribution in [-0.4, -0.2) is 18.7 Å². The zero-order valence-corrected chi connectivity index (χ0v) is 10.9. The van der Waals surface area contributed by atoms with Crippen molar-refractivity contribution < 1.29 is 9.53 Å². The summed E-state index contributed by atoms with van der Waals surface area (Å²) in [6.45, 7) is 4.43. The Morgan fingerprint density at radius 3 is 2.44 bits per heavy atom. The van der Waals surface area contributed by atoms with E-state index in [2.05, 4.69) is 17.6 Å². The number of anilines is 2. The van der Waals surface area contributed by atoms with Crippen molar-refractivity contribution in [2.75, 3.05) is 17.2 Å². The summed E-state index contributed by atoms with van der Waals surface area (Å²) in [4.78, 5) is 11.2. The van der Waals surface area contributed by atoms with Crippen molar-refractivity contribution in [1.82, 2.24) is 0 Å². The standard InChI is InChI=1S/C14H20N2O2/c1-3-18-14(17)16-12-6-4-11(5-7-12)15-13-8-10(2)9-13/h4-7,10,13,15H,3,8-9H2,1-2H3,(H,16,17). The highest BCUT2D eigenvalue weighted by atomic mass is 16.5. The van der Waals surface area contributed by atoms with Crippen LogP contribution in [-0.2, 0) is 4.74 Å². The number of ether oxygens (including phenoxy) is 1. The Morgan fingerprint density at radius 1 is 1.28 bits per heavy atom. The van der Waals surface area contributed by atoms with Crippen LogP contribution in [0.3, 0.4) is 0 Å². The topological polar surface area (TPSA) is 50.4 Å². The largest absolute Gasteiger partial charge is 0.450 e. The van der Waals surface area contributed by atoms with E-state index in [0.29, 0.717) is 12.6 Å². The van der Waals surface area contributed by atoms with Gasteiger partial charge in [0.05, 0.1) is 6.61 Å². The average Bonchev–Trinajstić information content (AvgIpc) is 2.30. The van der Waals surface area contributed by atoms with Crippen molar-refractivity contribution in [2.24, 2.45) is 5.92 Å². The van der Waals surface area contributed by atoms with Crippen LogP contribution in [0.4, 0.5) is 16.2 Å². The fourth-order valence-electron chi connectivity index (χ4n) is 2.19. The molecule has 0 aromatic heterocycles. The van der Waals surface area contributed by atoms with E-state index in [9.17, 15) is 4.79 Å². The van der Waals surface area contributed by atoms with Gasteiger partial charge in [-0.15, -0.1) is 0 Å². The number of carbonyl (C=O) groups is 1. The third kappa shape index (κ3) is 3.39. The lowest BCUT2D eigenvalue weighted by Crippen LogP contribution is -2.33. The number of hydrogen-bond acceptors (Lipinski definition) is 3. The predicted molar refractivity (Wildman–Crippen MR) is 72.9 cm³/mol. The van der Waals surface area contributed by atoms with Crippen molar-refractivity contribution in [2.45, 2.75) is 32.7 Å². The van der Waals surface area contributed by atoms with Gasteiger partial charge in [-0.05, 0) is 49.9 Å². The molecular weight excluding hydrogens is 228 g/mol. The molecule has 0 aliphatic heterocycles. The maximum absolute atomic E-state index is 11.2. The van der Waals surface area contributed by atoms with Gasteiger partial charge in [0.2, 0.25) is 0 Å². The molecule has 1 amide bonds. The SMILES string of the molecule is CCOC(=O)Nc1ccc(NC2CC(C)C2)cc1. The van der Waals surface area contributed by atoms with E-state index in [1.807, 2.05) is 24.3 Å². The summed E-state index contributed by atoms with van der Waals surface area (Å²) in [5, 5.41) is 6.14. The lowest BCUT2D eigenvalue weighted by Gasteiger charge is -2.34. The summed E-state index contributed by atoms with van der Waals surface area (Å²) < 4.78 is 4.81. The predicted octanol–water partition coefficient (Wildman–Crippen LogP) is 3.47. The van der Waals surface area contributed by atoms with Gasteiger partial charge in [-0.2, -0.15) is 0 Å². The van der Waals surface area contributed by atoms with Crippen LogP contribution in [0.15, 0.2) is 24.3 Å². The quantitative estimate of drug-likeness (QED) is 0.857. The molecule has 0 atom stereocenters. The molecule has 4 nitrogen and oxygen atoms in total. The number of amides is 1.